The summed E-state index contributed by atoms with van der Waals surface area (Å²) in [5.41, 5.74) is 4.33. The minimum Gasteiger partial charge on any atom is -0.493 e. The molecule has 0 aliphatic carbocycles. The van der Waals surface area contributed by atoms with E-state index < -0.39 is 0 Å². The monoisotopic (exact) mass is 428 g/mol. The Hall–Kier alpha value is -3.87. The van der Waals surface area contributed by atoms with Crippen LogP contribution in [0.3, 0.4) is 0 Å². The van der Waals surface area contributed by atoms with Crippen LogP contribution in [0.25, 0.3) is 11.0 Å². The van der Waals surface area contributed by atoms with Crippen LogP contribution in [0.5, 0.6) is 11.5 Å². The van der Waals surface area contributed by atoms with Gasteiger partial charge in [-0.3, -0.25) is 4.79 Å². The number of methoxy groups -OCH3 is 2. The first-order valence-electron chi connectivity index (χ1n) is 10.6. The van der Waals surface area contributed by atoms with Gasteiger partial charge in [-0.05, 0) is 49.7 Å². The molecule has 4 aromatic rings. The van der Waals surface area contributed by atoms with Crippen molar-refractivity contribution >= 4 is 22.6 Å². The first-order valence-corrected chi connectivity index (χ1v) is 10.6. The van der Waals surface area contributed by atoms with Gasteiger partial charge in [-0.2, -0.15) is 0 Å². The molecule has 3 aromatic carbocycles. The summed E-state index contributed by atoms with van der Waals surface area (Å²) >= 11 is 0. The predicted octanol–water partition coefficient (Wildman–Crippen LogP) is 4.48. The Morgan fingerprint density at radius 1 is 0.969 bits per heavy atom. The maximum atomic E-state index is 13.6. The van der Waals surface area contributed by atoms with Gasteiger partial charge >= 0.3 is 0 Å². The van der Waals surface area contributed by atoms with E-state index in [4.69, 9.17) is 9.47 Å². The predicted molar refractivity (Wildman–Crippen MR) is 123 cm³/mol. The molecule has 7 nitrogen and oxygen atoms in total. The van der Waals surface area contributed by atoms with E-state index in [1.54, 1.807) is 32.4 Å². The lowest BCUT2D eigenvalue weighted by molar-refractivity contribution is 0.0972. The lowest BCUT2D eigenvalue weighted by atomic mass is 9.91. The molecule has 1 aromatic heterocycles. The molecule has 0 spiro atoms. The summed E-state index contributed by atoms with van der Waals surface area (Å²) in [7, 11) is 3.15. The number of carbonyl (C=O) groups excluding carboxylic acids is 1. The third-order valence-electron chi connectivity index (χ3n) is 6.08. The molecule has 5 rings (SSSR count). The molecular formula is C25H24N4O3. The van der Waals surface area contributed by atoms with Crippen LogP contribution in [0.1, 0.15) is 35.3 Å². The van der Waals surface area contributed by atoms with E-state index in [2.05, 4.69) is 23.3 Å². The molecule has 162 valence electrons. The van der Waals surface area contributed by atoms with Crippen LogP contribution in [0.2, 0.25) is 0 Å². The molecule has 0 N–H and O–H groups in total. The zero-order valence-electron chi connectivity index (χ0n) is 18.2. The molecule has 0 saturated heterocycles. The van der Waals surface area contributed by atoms with Gasteiger partial charge in [0.2, 0.25) is 0 Å². The minimum atomic E-state index is -0.0761. The Labute approximate surface area is 186 Å². The second-order valence-corrected chi connectivity index (χ2v) is 7.93. The molecule has 1 amide bonds. The number of nitrogens with zero attached hydrogens (tertiary/aromatic N) is 4. The number of fused-ring (bicyclic) bond motifs is 2. The molecule has 2 atom stereocenters. The molecule has 0 saturated carbocycles. The van der Waals surface area contributed by atoms with E-state index in [0.29, 0.717) is 17.1 Å². The summed E-state index contributed by atoms with van der Waals surface area (Å²) in [6.07, 6.45) is 0.726. The van der Waals surface area contributed by atoms with E-state index in [1.807, 2.05) is 52.0 Å². The van der Waals surface area contributed by atoms with Crippen molar-refractivity contribution in [2.45, 2.75) is 25.4 Å². The molecule has 1 aliphatic rings. The second kappa shape index (κ2) is 8.00. The summed E-state index contributed by atoms with van der Waals surface area (Å²) in [6.45, 7) is 2.07. The summed E-state index contributed by atoms with van der Waals surface area (Å²) in [5.74, 6) is 1.05. The highest BCUT2D eigenvalue weighted by molar-refractivity contribution is 6.07. The average Bonchev–Trinajstić information content (AvgIpc) is 3.26. The van der Waals surface area contributed by atoms with Crippen molar-refractivity contribution in [1.29, 1.82) is 0 Å². The van der Waals surface area contributed by atoms with Crippen LogP contribution >= 0.6 is 0 Å². The lowest BCUT2D eigenvalue weighted by Gasteiger charge is -2.39. The van der Waals surface area contributed by atoms with Gasteiger partial charge < -0.3 is 14.4 Å². The Morgan fingerprint density at radius 2 is 1.72 bits per heavy atom. The quantitative estimate of drug-likeness (QED) is 0.479. The minimum absolute atomic E-state index is 0.0111. The lowest BCUT2D eigenvalue weighted by Crippen LogP contribution is -2.44. The SMILES string of the molecule is COc1ccc(C(=O)N2c3ccccc3C(n3nnc4ccccc43)CC2C)cc1OC. The van der Waals surface area contributed by atoms with Gasteiger partial charge in [0, 0.05) is 22.9 Å². The third kappa shape index (κ3) is 3.17. The number of rotatable bonds is 4. The Kier molecular flexibility index (Phi) is 5.01. The van der Waals surface area contributed by atoms with Gasteiger partial charge in [0.05, 0.1) is 25.8 Å². The summed E-state index contributed by atoms with van der Waals surface area (Å²) in [6, 6.07) is 21.2. The molecule has 0 radical (unpaired) electrons. The van der Waals surface area contributed by atoms with Crippen molar-refractivity contribution in [2.24, 2.45) is 0 Å². The fraction of sp³-hybridized carbons (Fsp3) is 0.240. The normalized spacial score (nSPS) is 17.8. The Bertz CT molecular complexity index is 1300. The molecule has 7 heteroatoms. The fourth-order valence-electron chi connectivity index (χ4n) is 4.55. The van der Waals surface area contributed by atoms with Gasteiger partial charge in [0.1, 0.15) is 5.52 Å². The number of aromatic nitrogens is 3. The highest BCUT2D eigenvalue weighted by atomic mass is 16.5. The Balaban J connectivity index is 1.57. The number of hydrogen-bond donors (Lipinski definition) is 0. The smallest absolute Gasteiger partial charge is 0.258 e. The van der Waals surface area contributed by atoms with Crippen LogP contribution < -0.4 is 14.4 Å². The van der Waals surface area contributed by atoms with Crippen LogP contribution in [0.15, 0.2) is 66.7 Å². The van der Waals surface area contributed by atoms with Crippen molar-refractivity contribution in [3.05, 3.63) is 77.9 Å². The van der Waals surface area contributed by atoms with Crippen LogP contribution in [0.4, 0.5) is 5.69 Å². The molecule has 0 fully saturated rings. The largest absolute Gasteiger partial charge is 0.493 e. The first kappa shape index (κ1) is 20.1. The second-order valence-electron chi connectivity index (χ2n) is 7.93. The van der Waals surface area contributed by atoms with Crippen molar-refractivity contribution in [1.82, 2.24) is 15.0 Å². The van der Waals surface area contributed by atoms with Crippen LogP contribution in [-0.2, 0) is 0 Å². The van der Waals surface area contributed by atoms with E-state index >= 15 is 0 Å². The average molecular weight is 428 g/mol. The first-order chi connectivity index (χ1) is 15.6. The molecule has 1 aliphatic heterocycles. The maximum Gasteiger partial charge on any atom is 0.258 e. The van der Waals surface area contributed by atoms with Gasteiger partial charge in [-0.1, -0.05) is 35.5 Å². The van der Waals surface area contributed by atoms with Crippen molar-refractivity contribution in [3.63, 3.8) is 0 Å². The number of para-hydroxylation sites is 2. The van der Waals surface area contributed by atoms with Crippen LogP contribution in [-0.4, -0.2) is 41.2 Å². The summed E-state index contributed by atoms with van der Waals surface area (Å²) in [4.78, 5) is 15.5. The van der Waals surface area contributed by atoms with Crippen LogP contribution in [0, 0.1) is 0 Å². The number of carbonyl (C=O) groups is 1. The fourth-order valence-corrected chi connectivity index (χ4v) is 4.55. The third-order valence-corrected chi connectivity index (χ3v) is 6.08. The number of hydrogen-bond acceptors (Lipinski definition) is 5. The van der Waals surface area contributed by atoms with E-state index in [-0.39, 0.29) is 18.0 Å². The number of ether oxygens (including phenoxy) is 2. The zero-order valence-corrected chi connectivity index (χ0v) is 18.2. The molecule has 0 bridgehead atoms. The number of benzene rings is 3. The highest BCUT2D eigenvalue weighted by Crippen LogP contribution is 2.41. The molecule has 32 heavy (non-hydrogen) atoms. The van der Waals surface area contributed by atoms with Gasteiger partial charge in [-0.15, -0.1) is 5.10 Å². The molecule has 2 heterocycles. The highest BCUT2D eigenvalue weighted by Gasteiger charge is 2.36. The van der Waals surface area contributed by atoms with Gasteiger partial charge in [-0.25, -0.2) is 4.68 Å². The summed E-state index contributed by atoms with van der Waals surface area (Å²) < 4.78 is 12.7. The maximum absolute atomic E-state index is 13.6. The van der Waals surface area contributed by atoms with Gasteiger partial charge in [0.25, 0.3) is 5.91 Å². The molecule has 2 unspecified atom stereocenters. The van der Waals surface area contributed by atoms with Crippen molar-refractivity contribution in [3.8, 4) is 11.5 Å². The topological polar surface area (TPSA) is 69.5 Å². The van der Waals surface area contributed by atoms with E-state index in [9.17, 15) is 4.79 Å². The van der Waals surface area contributed by atoms with Crippen molar-refractivity contribution < 1.29 is 14.3 Å². The van der Waals surface area contributed by atoms with Gasteiger partial charge in [0.15, 0.2) is 11.5 Å². The van der Waals surface area contributed by atoms with Crippen molar-refractivity contribution in [2.75, 3.05) is 19.1 Å². The molecular weight excluding hydrogens is 404 g/mol. The number of amides is 1. The Morgan fingerprint density at radius 3 is 2.53 bits per heavy atom. The standard InChI is InChI=1S/C25H24N4O3/c1-16-14-22(29-21-11-7-5-9-19(21)26-27-29)18-8-4-6-10-20(18)28(16)25(30)17-12-13-23(31-2)24(15-17)32-3/h4-13,15-16,22H,14H2,1-3H3. The zero-order chi connectivity index (χ0) is 22.2. The van der Waals surface area contributed by atoms with E-state index in [1.165, 1.54) is 0 Å². The van der Waals surface area contributed by atoms with E-state index in [0.717, 1.165) is 28.7 Å². The summed E-state index contributed by atoms with van der Waals surface area (Å²) in [5, 5.41) is 8.79. The number of anilines is 1.